The average molecular weight is 547 g/mol. The van der Waals surface area contributed by atoms with Crippen LogP contribution in [0.5, 0.6) is 0 Å². The fourth-order valence-corrected chi connectivity index (χ4v) is 4.10. The predicted octanol–water partition coefficient (Wildman–Crippen LogP) is 10.1. The number of halogens is 1. The zero-order chi connectivity index (χ0) is 30.9. The van der Waals surface area contributed by atoms with Crippen LogP contribution in [0, 0.1) is 25.1 Å². The highest BCUT2D eigenvalue weighted by Crippen LogP contribution is 2.41. The largest absolute Gasteiger partial charge is 0.372 e. The highest BCUT2D eigenvalue weighted by molar-refractivity contribution is 5.85. The van der Waals surface area contributed by atoms with Crippen molar-refractivity contribution in [2.75, 3.05) is 0 Å². The van der Waals surface area contributed by atoms with Crippen LogP contribution in [-0.4, -0.2) is 11.0 Å². The Kier molecular flexibility index (Phi) is 23.2. The first-order valence-electron chi connectivity index (χ1n) is 14.1. The summed E-state index contributed by atoms with van der Waals surface area (Å²) in [5.41, 5.74) is 11.5. The second-order valence-electron chi connectivity index (χ2n) is 8.79. The lowest BCUT2D eigenvalue weighted by Crippen LogP contribution is -2.07. The third-order valence-electron chi connectivity index (χ3n) is 5.57. The smallest absolute Gasteiger partial charge is 0.204 e. The molecule has 0 aliphatic rings. The molecule has 0 bridgehead atoms. The molecule has 3 aromatic rings. The van der Waals surface area contributed by atoms with Crippen LogP contribution in [0.15, 0.2) is 79.4 Å². The Morgan fingerprint density at radius 1 is 0.975 bits per heavy atom. The molecule has 1 heterocycles. The molecule has 2 aromatic carbocycles. The number of unbranched alkanes of at least 4 members (excludes halogenated alkanes) is 2. The van der Waals surface area contributed by atoms with E-state index in [1.165, 1.54) is 28.1 Å². The number of aromatic nitrogens is 1. The number of primary amides is 1. The van der Waals surface area contributed by atoms with Crippen molar-refractivity contribution in [1.29, 1.82) is 0 Å². The van der Waals surface area contributed by atoms with Crippen LogP contribution >= 0.6 is 0 Å². The van der Waals surface area contributed by atoms with E-state index in [1.54, 1.807) is 18.2 Å². The summed E-state index contributed by atoms with van der Waals surface area (Å²) in [5, 5.41) is 0. The second kappa shape index (κ2) is 24.2. The molecule has 2 N–H and O–H groups in total. The van der Waals surface area contributed by atoms with Crippen LogP contribution in [-0.2, 0) is 11.3 Å². The lowest BCUT2D eigenvalue weighted by molar-refractivity contribution is -0.106. The van der Waals surface area contributed by atoms with E-state index in [0.29, 0.717) is 5.92 Å². The number of allylic oxidation sites excluding steroid dienone is 3. The number of rotatable bonds is 7. The molecule has 4 heteroatoms. The summed E-state index contributed by atoms with van der Waals surface area (Å²) in [4.78, 5) is 8.58. The summed E-state index contributed by atoms with van der Waals surface area (Å²) in [5.74, 6) is 2.92. The van der Waals surface area contributed by atoms with Crippen molar-refractivity contribution in [3.8, 4) is 34.7 Å². The van der Waals surface area contributed by atoms with Gasteiger partial charge in [0.1, 0.15) is 5.82 Å². The minimum absolute atomic E-state index is 0.210. The molecule has 1 amide bonds. The number of terminal acetylenes is 1. The van der Waals surface area contributed by atoms with Gasteiger partial charge in [0.2, 0.25) is 6.41 Å². The number of hydrogen-bond acceptors (Lipinski definition) is 1. The van der Waals surface area contributed by atoms with Crippen molar-refractivity contribution in [2.45, 2.75) is 87.1 Å². The van der Waals surface area contributed by atoms with Crippen LogP contribution in [0.1, 0.15) is 84.9 Å². The highest BCUT2D eigenvalue weighted by atomic mass is 19.1. The molecule has 3 nitrogen and oxygen atoms in total. The van der Waals surface area contributed by atoms with Gasteiger partial charge in [-0.3, -0.25) is 4.79 Å². The van der Waals surface area contributed by atoms with Gasteiger partial charge in [-0.1, -0.05) is 76.3 Å². The molecule has 218 valence electrons. The topological polar surface area (TPSA) is 48.0 Å². The van der Waals surface area contributed by atoms with Gasteiger partial charge in [0.05, 0.1) is 5.69 Å². The van der Waals surface area contributed by atoms with Crippen molar-refractivity contribution in [2.24, 2.45) is 5.73 Å². The van der Waals surface area contributed by atoms with Crippen molar-refractivity contribution in [1.82, 2.24) is 4.57 Å². The van der Waals surface area contributed by atoms with E-state index in [9.17, 15) is 4.39 Å². The lowest BCUT2D eigenvalue weighted by atomic mass is 9.96. The zero-order valence-corrected chi connectivity index (χ0v) is 26.0. The number of amides is 1. The summed E-state index contributed by atoms with van der Waals surface area (Å²) in [6, 6.07) is 17.4. The standard InChI is InChI=1S/C26H28FN.C4H8.C3H6.C2H6.CH3NO/c1-5-6-7-11-18-28-25(19(2)3)20(4)24(21-12-9-8-10-13-21)26(28)22-14-16-23(27)17-15-22;1-3-4-2;1-3-2;1-2;2-1-3/h1,8-10,12-17,19H,6-7,11,18H2,2-4H3;3-4H,1-2H3;3H,1H2,2H3;1-2H3;1H,(H2,2,3)/b;4-3-;;;. The van der Waals surface area contributed by atoms with Gasteiger partial charge in [0.25, 0.3) is 0 Å². The van der Waals surface area contributed by atoms with Gasteiger partial charge in [-0.2, -0.15) is 0 Å². The maximum atomic E-state index is 13.6. The average Bonchev–Trinajstić information content (AvgIpc) is 3.26. The normalized spacial score (nSPS) is 9.43. The van der Waals surface area contributed by atoms with Crippen LogP contribution < -0.4 is 5.73 Å². The Morgan fingerprint density at radius 3 is 1.90 bits per heavy atom. The fraction of sp³-hybridized carbons (Fsp3) is 0.361. The first kappa shape index (κ1) is 38.3. The van der Waals surface area contributed by atoms with E-state index >= 15 is 0 Å². The van der Waals surface area contributed by atoms with Gasteiger partial charge in [0, 0.05) is 24.2 Å². The Bertz CT molecular complexity index is 1120. The van der Waals surface area contributed by atoms with Crippen molar-refractivity contribution in [3.63, 3.8) is 0 Å². The molecule has 1 aromatic heterocycles. The Balaban J connectivity index is 0. The molecule has 40 heavy (non-hydrogen) atoms. The number of carbonyl (C=O) groups excluding carboxylic acids is 1. The summed E-state index contributed by atoms with van der Waals surface area (Å²) < 4.78 is 16.0. The first-order chi connectivity index (χ1) is 19.3. The molecule has 0 fully saturated rings. The molecular weight excluding hydrogens is 495 g/mol. The summed E-state index contributed by atoms with van der Waals surface area (Å²) in [7, 11) is 0. The number of hydrogen-bond donors (Lipinski definition) is 1. The maximum absolute atomic E-state index is 13.6. The fourth-order valence-electron chi connectivity index (χ4n) is 4.10. The Labute approximate surface area is 244 Å². The van der Waals surface area contributed by atoms with Gasteiger partial charge >= 0.3 is 0 Å². The predicted molar refractivity (Wildman–Crippen MR) is 175 cm³/mol. The molecule has 0 spiro atoms. The van der Waals surface area contributed by atoms with Crippen LogP contribution in [0.4, 0.5) is 4.39 Å². The minimum Gasteiger partial charge on any atom is -0.372 e. The Hall–Kier alpha value is -3.84. The van der Waals surface area contributed by atoms with Gasteiger partial charge in [-0.25, -0.2) is 4.39 Å². The third-order valence-corrected chi connectivity index (χ3v) is 5.57. The molecule has 3 rings (SSSR count). The first-order valence-corrected chi connectivity index (χ1v) is 14.1. The lowest BCUT2D eigenvalue weighted by Gasteiger charge is -2.17. The van der Waals surface area contributed by atoms with Crippen molar-refractivity contribution < 1.29 is 9.18 Å². The van der Waals surface area contributed by atoms with E-state index in [0.717, 1.165) is 31.4 Å². The monoisotopic (exact) mass is 546 g/mol. The number of nitrogens with zero attached hydrogens (tertiary/aromatic N) is 1. The molecule has 0 aliphatic heterocycles. The van der Waals surface area contributed by atoms with Crippen LogP contribution in [0.2, 0.25) is 0 Å². The molecule has 0 atom stereocenters. The van der Waals surface area contributed by atoms with E-state index in [-0.39, 0.29) is 12.2 Å². The van der Waals surface area contributed by atoms with Crippen LogP contribution in [0.3, 0.4) is 0 Å². The van der Waals surface area contributed by atoms with Crippen molar-refractivity contribution >= 4 is 6.41 Å². The van der Waals surface area contributed by atoms with Gasteiger partial charge in [-0.15, -0.1) is 18.9 Å². The number of benzene rings is 2. The molecule has 0 aliphatic carbocycles. The summed E-state index contributed by atoms with van der Waals surface area (Å²) in [6.45, 7) is 20.9. The number of carbonyl (C=O) groups is 1. The molecule has 0 saturated carbocycles. The highest BCUT2D eigenvalue weighted by Gasteiger charge is 2.23. The SMILES string of the molecule is C#CCCCCn1c(-c2ccc(F)cc2)c(-c2ccccc2)c(C)c1C(C)C.C/C=C\C.C=CC.CC.NC=O. The van der Waals surface area contributed by atoms with E-state index in [1.807, 2.05) is 65.0 Å². The summed E-state index contributed by atoms with van der Waals surface area (Å²) >= 11 is 0. The van der Waals surface area contributed by atoms with E-state index in [2.05, 4.69) is 67.8 Å². The quantitative estimate of drug-likeness (QED) is 0.136. The minimum atomic E-state index is -0.210. The maximum Gasteiger partial charge on any atom is 0.204 e. The summed E-state index contributed by atoms with van der Waals surface area (Å²) in [6.07, 6.45) is 14.3. The molecule has 0 radical (unpaired) electrons. The third kappa shape index (κ3) is 13.3. The van der Waals surface area contributed by atoms with Gasteiger partial charge in [-0.05, 0) is 87.4 Å². The van der Waals surface area contributed by atoms with Gasteiger partial charge in [0.15, 0.2) is 0 Å². The molecule has 0 unspecified atom stereocenters. The van der Waals surface area contributed by atoms with Crippen LogP contribution in [0.25, 0.3) is 22.4 Å². The van der Waals surface area contributed by atoms with E-state index in [4.69, 9.17) is 11.2 Å². The van der Waals surface area contributed by atoms with E-state index < -0.39 is 0 Å². The molecular formula is C36H51FN2O. The van der Waals surface area contributed by atoms with Gasteiger partial charge < -0.3 is 10.3 Å². The Morgan fingerprint density at radius 2 is 1.48 bits per heavy atom. The number of nitrogens with two attached hydrogens (primary N) is 1. The zero-order valence-electron chi connectivity index (χ0n) is 26.0. The molecule has 0 saturated heterocycles. The second-order valence-corrected chi connectivity index (χ2v) is 8.79. The van der Waals surface area contributed by atoms with Crippen molar-refractivity contribution in [3.05, 3.63) is 96.5 Å².